The quantitative estimate of drug-likeness (QED) is 0.589. The molecule has 0 unspecified atom stereocenters. The van der Waals surface area contributed by atoms with Crippen LogP contribution in [0.1, 0.15) is 26.7 Å². The topological polar surface area (TPSA) is 29.1 Å². The molecule has 1 aliphatic heterocycles. The van der Waals surface area contributed by atoms with Crippen molar-refractivity contribution in [3.63, 3.8) is 0 Å². The van der Waals surface area contributed by atoms with Gasteiger partial charge in [0.05, 0.1) is 6.04 Å². The molecule has 1 N–H and O–H groups in total. The van der Waals surface area contributed by atoms with E-state index in [1.807, 2.05) is 0 Å². The predicted molar refractivity (Wildman–Crippen MR) is 40.9 cm³/mol. The summed E-state index contributed by atoms with van der Waals surface area (Å²) < 4.78 is 0. The highest BCUT2D eigenvalue weighted by Crippen LogP contribution is 2.15. The van der Waals surface area contributed by atoms with Gasteiger partial charge in [0.25, 0.3) is 0 Å². The van der Waals surface area contributed by atoms with E-state index in [2.05, 4.69) is 12.2 Å². The van der Waals surface area contributed by atoms with Gasteiger partial charge >= 0.3 is 0 Å². The molecule has 0 aromatic rings. The standard InChI is InChI=1S/C8H15NO/c1-6-4-3-5-9-8(6)7(2)10/h6,8-9H,3-5H2,1-2H3/t6-,8-/m0/s1. The van der Waals surface area contributed by atoms with Crippen LogP contribution in [0.25, 0.3) is 0 Å². The molecule has 0 aliphatic carbocycles. The van der Waals surface area contributed by atoms with Crippen LogP contribution < -0.4 is 5.32 Å². The van der Waals surface area contributed by atoms with E-state index in [-0.39, 0.29) is 11.8 Å². The lowest BCUT2D eigenvalue weighted by Gasteiger charge is -2.27. The molecule has 1 aliphatic rings. The largest absolute Gasteiger partial charge is 0.307 e. The van der Waals surface area contributed by atoms with Gasteiger partial charge in [0.15, 0.2) is 0 Å². The van der Waals surface area contributed by atoms with Gasteiger partial charge in [-0.05, 0) is 32.2 Å². The highest BCUT2D eigenvalue weighted by molar-refractivity contribution is 5.81. The summed E-state index contributed by atoms with van der Waals surface area (Å²) in [4.78, 5) is 10.9. The van der Waals surface area contributed by atoms with Crippen molar-refractivity contribution < 1.29 is 4.79 Å². The van der Waals surface area contributed by atoms with Crippen LogP contribution in [0.4, 0.5) is 0 Å². The number of rotatable bonds is 1. The lowest BCUT2D eigenvalue weighted by molar-refractivity contribution is -0.120. The number of hydrogen-bond donors (Lipinski definition) is 1. The summed E-state index contributed by atoms with van der Waals surface area (Å²) in [5.74, 6) is 0.818. The number of nitrogens with one attached hydrogen (secondary N) is 1. The van der Waals surface area contributed by atoms with Gasteiger partial charge in [-0.25, -0.2) is 0 Å². The summed E-state index contributed by atoms with van der Waals surface area (Å²) in [6.07, 6.45) is 2.40. The zero-order valence-electron chi connectivity index (χ0n) is 6.68. The van der Waals surface area contributed by atoms with Crippen LogP contribution in [0, 0.1) is 5.92 Å². The third kappa shape index (κ3) is 1.57. The summed E-state index contributed by atoms with van der Waals surface area (Å²) in [6.45, 7) is 4.81. The molecule has 0 spiro atoms. The van der Waals surface area contributed by atoms with Crippen LogP contribution in [0.5, 0.6) is 0 Å². The molecule has 58 valence electrons. The second kappa shape index (κ2) is 3.15. The van der Waals surface area contributed by atoms with Crippen LogP contribution in [0.3, 0.4) is 0 Å². The summed E-state index contributed by atoms with van der Waals surface area (Å²) in [7, 11) is 0. The molecule has 0 aromatic heterocycles. The molecule has 1 saturated heterocycles. The molecule has 2 atom stereocenters. The Kier molecular flexibility index (Phi) is 2.44. The van der Waals surface area contributed by atoms with Gasteiger partial charge in [0.2, 0.25) is 0 Å². The Morgan fingerprint density at radius 3 is 2.70 bits per heavy atom. The fraction of sp³-hybridized carbons (Fsp3) is 0.875. The Morgan fingerprint density at radius 2 is 2.30 bits per heavy atom. The number of carbonyl (C=O) groups excluding carboxylic acids is 1. The molecule has 0 bridgehead atoms. The molecule has 0 saturated carbocycles. The van der Waals surface area contributed by atoms with Gasteiger partial charge in [-0.3, -0.25) is 4.79 Å². The highest BCUT2D eigenvalue weighted by atomic mass is 16.1. The summed E-state index contributed by atoms with van der Waals surface area (Å²) >= 11 is 0. The van der Waals surface area contributed by atoms with Crippen LogP contribution in [0.15, 0.2) is 0 Å². The molecule has 1 fully saturated rings. The SMILES string of the molecule is CC(=O)[C@H]1NCCC[C@@H]1C. The molecule has 1 heterocycles. The lowest BCUT2D eigenvalue weighted by atomic mass is 9.90. The van der Waals surface area contributed by atoms with E-state index in [1.54, 1.807) is 6.92 Å². The molecule has 10 heavy (non-hydrogen) atoms. The van der Waals surface area contributed by atoms with Gasteiger partial charge in [-0.15, -0.1) is 0 Å². The van der Waals surface area contributed by atoms with Crippen LogP contribution in [-0.2, 0) is 4.79 Å². The molecule has 0 amide bonds. The van der Waals surface area contributed by atoms with Gasteiger partial charge in [-0.1, -0.05) is 6.92 Å². The molecule has 2 heteroatoms. The third-order valence-electron chi connectivity index (χ3n) is 2.21. The van der Waals surface area contributed by atoms with Crippen LogP contribution in [0.2, 0.25) is 0 Å². The first kappa shape index (κ1) is 7.73. The Balaban J connectivity index is 2.47. The minimum atomic E-state index is 0.133. The van der Waals surface area contributed by atoms with Gasteiger partial charge < -0.3 is 5.32 Å². The normalized spacial score (nSPS) is 33.8. The molecule has 1 rings (SSSR count). The lowest BCUT2D eigenvalue weighted by Crippen LogP contribution is -2.44. The maximum absolute atomic E-state index is 10.9. The molecule has 0 radical (unpaired) electrons. The van der Waals surface area contributed by atoms with Crippen LogP contribution in [-0.4, -0.2) is 18.4 Å². The van der Waals surface area contributed by atoms with Crippen molar-refractivity contribution >= 4 is 5.78 Å². The van der Waals surface area contributed by atoms with Crippen LogP contribution >= 0.6 is 0 Å². The first-order chi connectivity index (χ1) is 4.72. The van der Waals surface area contributed by atoms with Gasteiger partial charge in [-0.2, -0.15) is 0 Å². The first-order valence-corrected chi connectivity index (χ1v) is 3.95. The van der Waals surface area contributed by atoms with Gasteiger partial charge in [0, 0.05) is 0 Å². The zero-order chi connectivity index (χ0) is 7.56. The van der Waals surface area contributed by atoms with E-state index in [9.17, 15) is 4.79 Å². The fourth-order valence-corrected chi connectivity index (χ4v) is 1.59. The second-order valence-corrected chi connectivity index (χ2v) is 3.16. The number of ketones is 1. The van der Waals surface area contributed by atoms with Crippen molar-refractivity contribution in [3.05, 3.63) is 0 Å². The van der Waals surface area contributed by atoms with Crippen molar-refractivity contribution in [2.24, 2.45) is 5.92 Å². The third-order valence-corrected chi connectivity index (χ3v) is 2.21. The van der Waals surface area contributed by atoms with E-state index in [1.165, 1.54) is 12.8 Å². The smallest absolute Gasteiger partial charge is 0.146 e. The fourth-order valence-electron chi connectivity index (χ4n) is 1.59. The van der Waals surface area contributed by atoms with E-state index in [0.717, 1.165) is 6.54 Å². The Morgan fingerprint density at radius 1 is 1.60 bits per heavy atom. The maximum atomic E-state index is 10.9. The Labute approximate surface area is 62.0 Å². The summed E-state index contributed by atoms with van der Waals surface area (Å²) in [5.41, 5.74) is 0. The van der Waals surface area contributed by atoms with E-state index < -0.39 is 0 Å². The number of hydrogen-bond acceptors (Lipinski definition) is 2. The van der Waals surface area contributed by atoms with E-state index >= 15 is 0 Å². The Bertz CT molecular complexity index is 133. The average Bonchev–Trinajstić information content (AvgIpc) is 1.88. The number of carbonyl (C=O) groups is 1. The van der Waals surface area contributed by atoms with Crippen molar-refractivity contribution in [1.82, 2.24) is 5.32 Å². The Hall–Kier alpha value is -0.370. The van der Waals surface area contributed by atoms with E-state index in [4.69, 9.17) is 0 Å². The number of piperidine rings is 1. The molecule has 0 aromatic carbocycles. The monoisotopic (exact) mass is 141 g/mol. The van der Waals surface area contributed by atoms with Crippen molar-refractivity contribution in [1.29, 1.82) is 0 Å². The predicted octanol–water partition coefficient (Wildman–Crippen LogP) is 0.964. The van der Waals surface area contributed by atoms with Crippen molar-refractivity contribution in [3.8, 4) is 0 Å². The summed E-state index contributed by atoms with van der Waals surface area (Å²) in [5, 5.41) is 3.22. The molecule has 2 nitrogen and oxygen atoms in total. The molecular formula is C8H15NO. The summed E-state index contributed by atoms with van der Waals surface area (Å²) in [6, 6.07) is 0.133. The van der Waals surface area contributed by atoms with Crippen molar-refractivity contribution in [2.75, 3.05) is 6.54 Å². The van der Waals surface area contributed by atoms with E-state index in [0.29, 0.717) is 5.92 Å². The maximum Gasteiger partial charge on any atom is 0.146 e. The zero-order valence-corrected chi connectivity index (χ0v) is 6.68. The minimum absolute atomic E-state index is 0.133. The van der Waals surface area contributed by atoms with Crippen molar-refractivity contribution in [2.45, 2.75) is 32.7 Å². The highest BCUT2D eigenvalue weighted by Gasteiger charge is 2.23. The number of Topliss-reactive ketones (excluding diaryl/α,β-unsaturated/α-hetero) is 1. The average molecular weight is 141 g/mol. The first-order valence-electron chi connectivity index (χ1n) is 3.95. The second-order valence-electron chi connectivity index (χ2n) is 3.16. The van der Waals surface area contributed by atoms with Gasteiger partial charge in [0.1, 0.15) is 5.78 Å². The molecular weight excluding hydrogens is 126 g/mol. The minimum Gasteiger partial charge on any atom is -0.307 e.